The first-order valence-electron chi connectivity index (χ1n) is 7.07. The first-order chi connectivity index (χ1) is 10.2. The third-order valence-corrected chi connectivity index (χ3v) is 3.36. The number of aryl methyl sites for hydroxylation is 1. The van der Waals surface area contributed by atoms with E-state index >= 15 is 0 Å². The van der Waals surface area contributed by atoms with Crippen LogP contribution in [0.15, 0.2) is 54.6 Å². The Kier molecular flexibility index (Phi) is 5.27. The largest absolute Gasteiger partial charge is 0.481 e. The highest BCUT2D eigenvalue weighted by Crippen LogP contribution is 2.13. The molecule has 0 spiro atoms. The molecule has 21 heavy (non-hydrogen) atoms. The van der Waals surface area contributed by atoms with Gasteiger partial charge in [0.25, 0.3) is 0 Å². The van der Waals surface area contributed by atoms with Gasteiger partial charge in [-0.25, -0.2) is 0 Å². The molecule has 2 aromatic carbocycles. The monoisotopic (exact) mass is 282 g/mol. The predicted octanol–water partition coefficient (Wildman–Crippen LogP) is 3.72. The average molecular weight is 282 g/mol. The molecule has 0 aliphatic carbocycles. The van der Waals surface area contributed by atoms with Crippen molar-refractivity contribution in [2.75, 3.05) is 0 Å². The highest BCUT2D eigenvalue weighted by molar-refractivity contribution is 6.08. The molecule has 0 unspecified atom stereocenters. The number of ketones is 1. The van der Waals surface area contributed by atoms with Gasteiger partial charge in [0.15, 0.2) is 5.78 Å². The van der Waals surface area contributed by atoms with Crippen LogP contribution in [0.2, 0.25) is 0 Å². The second-order valence-corrected chi connectivity index (χ2v) is 4.99. The van der Waals surface area contributed by atoms with E-state index < -0.39 is 5.97 Å². The lowest BCUT2D eigenvalue weighted by Crippen LogP contribution is -2.01. The van der Waals surface area contributed by atoms with E-state index in [0.29, 0.717) is 17.5 Å². The maximum atomic E-state index is 12.2. The highest BCUT2D eigenvalue weighted by Gasteiger charge is 2.08. The number of carbonyl (C=O) groups excluding carboxylic acids is 1. The summed E-state index contributed by atoms with van der Waals surface area (Å²) in [5, 5.41) is 8.58. The van der Waals surface area contributed by atoms with Gasteiger partial charge >= 0.3 is 5.97 Å². The Hall–Kier alpha value is -2.42. The number of rotatable bonds is 7. The van der Waals surface area contributed by atoms with Crippen molar-refractivity contribution in [2.24, 2.45) is 0 Å². The summed E-state index contributed by atoms with van der Waals surface area (Å²) in [7, 11) is 0. The fourth-order valence-electron chi connectivity index (χ4n) is 2.18. The van der Waals surface area contributed by atoms with Crippen LogP contribution in [0.25, 0.3) is 0 Å². The van der Waals surface area contributed by atoms with Gasteiger partial charge in [0, 0.05) is 17.5 Å². The summed E-state index contributed by atoms with van der Waals surface area (Å²) >= 11 is 0. The van der Waals surface area contributed by atoms with Crippen LogP contribution in [0.4, 0.5) is 0 Å². The van der Waals surface area contributed by atoms with Crippen molar-refractivity contribution in [1.29, 1.82) is 0 Å². The van der Waals surface area contributed by atoms with Crippen molar-refractivity contribution in [2.45, 2.75) is 25.7 Å². The molecular formula is C18H18O3. The van der Waals surface area contributed by atoms with Gasteiger partial charge in [-0.1, -0.05) is 54.6 Å². The Morgan fingerprint density at radius 2 is 1.43 bits per heavy atom. The second kappa shape index (κ2) is 7.39. The summed E-state index contributed by atoms with van der Waals surface area (Å²) in [6.45, 7) is 0. The lowest BCUT2D eigenvalue weighted by Gasteiger charge is -2.04. The SMILES string of the molecule is O=C(O)CCCCc1ccc(C(=O)c2ccccc2)cc1. The van der Waals surface area contributed by atoms with Crippen LogP contribution in [0, 0.1) is 0 Å². The normalized spacial score (nSPS) is 10.3. The molecule has 2 aromatic rings. The quantitative estimate of drug-likeness (QED) is 0.622. The molecule has 0 heterocycles. The fraction of sp³-hybridized carbons (Fsp3) is 0.222. The lowest BCUT2D eigenvalue weighted by atomic mass is 10.0. The Bertz CT molecular complexity index is 600. The Balaban J connectivity index is 1.93. The van der Waals surface area contributed by atoms with E-state index in [1.807, 2.05) is 54.6 Å². The molecule has 2 rings (SSSR count). The lowest BCUT2D eigenvalue weighted by molar-refractivity contribution is -0.137. The predicted molar refractivity (Wildman–Crippen MR) is 81.5 cm³/mol. The molecule has 0 fully saturated rings. The van der Waals surface area contributed by atoms with Crippen molar-refractivity contribution in [1.82, 2.24) is 0 Å². The molecule has 0 radical (unpaired) electrons. The zero-order valence-electron chi connectivity index (χ0n) is 11.8. The van der Waals surface area contributed by atoms with Crippen LogP contribution < -0.4 is 0 Å². The van der Waals surface area contributed by atoms with Crippen molar-refractivity contribution in [3.8, 4) is 0 Å². The van der Waals surface area contributed by atoms with Crippen LogP contribution in [-0.4, -0.2) is 16.9 Å². The molecule has 0 aliphatic rings. The Morgan fingerprint density at radius 3 is 2.05 bits per heavy atom. The topological polar surface area (TPSA) is 54.4 Å². The fourth-order valence-corrected chi connectivity index (χ4v) is 2.18. The van der Waals surface area contributed by atoms with E-state index in [-0.39, 0.29) is 12.2 Å². The summed E-state index contributed by atoms with van der Waals surface area (Å²) in [6, 6.07) is 16.8. The number of carboxylic acid groups (broad SMARTS) is 1. The molecular weight excluding hydrogens is 264 g/mol. The molecule has 0 saturated carbocycles. The summed E-state index contributed by atoms with van der Waals surface area (Å²) in [5.74, 6) is -0.730. The first-order valence-corrected chi connectivity index (χ1v) is 7.07. The van der Waals surface area contributed by atoms with E-state index in [2.05, 4.69) is 0 Å². The average Bonchev–Trinajstić information content (AvgIpc) is 2.52. The highest BCUT2D eigenvalue weighted by atomic mass is 16.4. The molecule has 0 aromatic heterocycles. The van der Waals surface area contributed by atoms with E-state index in [1.54, 1.807) is 0 Å². The molecule has 0 amide bonds. The number of unbranched alkanes of at least 4 members (excludes halogenated alkanes) is 1. The summed E-state index contributed by atoms with van der Waals surface area (Å²) < 4.78 is 0. The van der Waals surface area contributed by atoms with Crippen LogP contribution >= 0.6 is 0 Å². The second-order valence-electron chi connectivity index (χ2n) is 4.99. The van der Waals surface area contributed by atoms with Gasteiger partial charge in [-0.3, -0.25) is 9.59 Å². The van der Waals surface area contributed by atoms with Gasteiger partial charge in [0.1, 0.15) is 0 Å². The minimum atomic E-state index is -0.751. The van der Waals surface area contributed by atoms with Gasteiger partial charge in [0.2, 0.25) is 0 Å². The van der Waals surface area contributed by atoms with Gasteiger partial charge in [-0.15, -0.1) is 0 Å². The minimum Gasteiger partial charge on any atom is -0.481 e. The standard InChI is InChI=1S/C18H18O3/c19-17(20)9-5-4-6-14-10-12-16(13-11-14)18(21)15-7-2-1-3-8-15/h1-3,7-8,10-13H,4-6,9H2,(H,19,20). The summed E-state index contributed by atoms with van der Waals surface area (Å²) in [5.41, 5.74) is 2.49. The Morgan fingerprint density at radius 1 is 0.810 bits per heavy atom. The van der Waals surface area contributed by atoms with Crippen LogP contribution in [0.5, 0.6) is 0 Å². The maximum Gasteiger partial charge on any atom is 0.303 e. The molecule has 3 heteroatoms. The molecule has 0 aliphatic heterocycles. The molecule has 3 nitrogen and oxygen atoms in total. The van der Waals surface area contributed by atoms with Gasteiger partial charge in [0.05, 0.1) is 0 Å². The van der Waals surface area contributed by atoms with Crippen molar-refractivity contribution < 1.29 is 14.7 Å². The van der Waals surface area contributed by atoms with Gasteiger partial charge in [-0.05, 0) is 24.8 Å². The number of aliphatic carboxylic acids is 1. The zero-order chi connectivity index (χ0) is 15.1. The number of carbonyl (C=O) groups is 2. The zero-order valence-corrected chi connectivity index (χ0v) is 11.8. The van der Waals surface area contributed by atoms with E-state index in [9.17, 15) is 9.59 Å². The van der Waals surface area contributed by atoms with Crippen molar-refractivity contribution in [3.05, 3.63) is 71.3 Å². The molecule has 0 saturated heterocycles. The smallest absolute Gasteiger partial charge is 0.303 e. The molecule has 1 N–H and O–H groups in total. The third kappa shape index (κ3) is 4.56. The van der Waals surface area contributed by atoms with Crippen LogP contribution in [0.1, 0.15) is 40.7 Å². The first kappa shape index (κ1) is 15.0. The van der Waals surface area contributed by atoms with Gasteiger partial charge < -0.3 is 5.11 Å². The van der Waals surface area contributed by atoms with Gasteiger partial charge in [-0.2, -0.15) is 0 Å². The molecule has 0 bridgehead atoms. The number of benzene rings is 2. The van der Waals surface area contributed by atoms with Crippen LogP contribution in [-0.2, 0) is 11.2 Å². The van der Waals surface area contributed by atoms with Crippen molar-refractivity contribution >= 4 is 11.8 Å². The minimum absolute atomic E-state index is 0.0213. The van der Waals surface area contributed by atoms with E-state index in [0.717, 1.165) is 18.4 Å². The number of hydrogen-bond donors (Lipinski definition) is 1. The molecule has 0 atom stereocenters. The van der Waals surface area contributed by atoms with Crippen molar-refractivity contribution in [3.63, 3.8) is 0 Å². The maximum absolute atomic E-state index is 12.2. The third-order valence-electron chi connectivity index (χ3n) is 3.36. The van der Waals surface area contributed by atoms with E-state index in [4.69, 9.17) is 5.11 Å². The van der Waals surface area contributed by atoms with E-state index in [1.165, 1.54) is 0 Å². The molecule has 108 valence electrons. The summed E-state index contributed by atoms with van der Waals surface area (Å²) in [4.78, 5) is 22.7. The number of carboxylic acids is 1. The number of hydrogen-bond acceptors (Lipinski definition) is 2. The summed E-state index contributed by atoms with van der Waals surface area (Å²) in [6.07, 6.45) is 2.58. The van der Waals surface area contributed by atoms with Crippen LogP contribution in [0.3, 0.4) is 0 Å². The Labute approximate surface area is 124 Å².